The summed E-state index contributed by atoms with van der Waals surface area (Å²) in [5, 5.41) is -0.711. The molecule has 0 aromatic carbocycles. The molecule has 0 aromatic heterocycles. The van der Waals surface area contributed by atoms with E-state index in [1.807, 2.05) is 0 Å². The van der Waals surface area contributed by atoms with E-state index < -0.39 is 0 Å². The Morgan fingerprint density at radius 1 is 1.09 bits per heavy atom. The summed E-state index contributed by atoms with van der Waals surface area (Å²) in [6.07, 6.45) is -0.0463. The van der Waals surface area contributed by atoms with Crippen LogP contribution < -0.4 is 0 Å². The van der Waals surface area contributed by atoms with Crippen molar-refractivity contribution in [2.75, 3.05) is 0 Å². The molecular formula is C7H12O2S2. The van der Waals surface area contributed by atoms with Crippen LogP contribution in [0.4, 0.5) is 0 Å². The molecule has 4 heteroatoms. The first-order valence-corrected chi connectivity index (χ1v) is 4.40. The Balaban J connectivity index is 3.86. The fourth-order valence-corrected chi connectivity index (χ4v) is 0.650. The van der Waals surface area contributed by atoms with Crippen molar-refractivity contribution >= 4 is 36.8 Å². The van der Waals surface area contributed by atoms with Crippen molar-refractivity contribution in [2.45, 2.75) is 30.8 Å². The lowest BCUT2D eigenvalue weighted by atomic mass is 10.1. The highest BCUT2D eigenvalue weighted by Crippen LogP contribution is 2.04. The van der Waals surface area contributed by atoms with E-state index in [2.05, 4.69) is 25.3 Å². The average molecular weight is 192 g/mol. The van der Waals surface area contributed by atoms with Crippen molar-refractivity contribution in [2.24, 2.45) is 0 Å². The van der Waals surface area contributed by atoms with Gasteiger partial charge in [-0.2, -0.15) is 25.3 Å². The van der Waals surface area contributed by atoms with E-state index in [1.54, 1.807) is 13.8 Å². The molecule has 2 unspecified atom stereocenters. The third kappa shape index (κ3) is 4.48. The maximum Gasteiger partial charge on any atom is 0.152 e. The lowest BCUT2D eigenvalue weighted by Gasteiger charge is -2.03. The number of carbonyl (C=O) groups excluding carboxylic acids is 2. The van der Waals surface area contributed by atoms with Gasteiger partial charge in [-0.05, 0) is 13.8 Å². The van der Waals surface area contributed by atoms with Gasteiger partial charge in [-0.15, -0.1) is 0 Å². The molecule has 0 N–H and O–H groups in total. The first kappa shape index (κ1) is 11.0. The van der Waals surface area contributed by atoms with Crippen LogP contribution in [0.5, 0.6) is 0 Å². The van der Waals surface area contributed by atoms with Crippen LogP contribution in [0.1, 0.15) is 20.3 Å². The van der Waals surface area contributed by atoms with Gasteiger partial charge in [-0.3, -0.25) is 9.59 Å². The van der Waals surface area contributed by atoms with Crippen LogP contribution in [-0.2, 0) is 9.59 Å². The molecule has 0 radical (unpaired) electrons. The second kappa shape index (κ2) is 4.83. The van der Waals surface area contributed by atoms with Gasteiger partial charge in [0.2, 0.25) is 0 Å². The molecule has 0 saturated carbocycles. The zero-order valence-electron chi connectivity index (χ0n) is 6.57. The van der Waals surface area contributed by atoms with Gasteiger partial charge >= 0.3 is 0 Å². The highest BCUT2D eigenvalue weighted by molar-refractivity contribution is 7.82. The van der Waals surface area contributed by atoms with Crippen LogP contribution in [0.2, 0.25) is 0 Å². The quantitative estimate of drug-likeness (QED) is 0.517. The summed E-state index contributed by atoms with van der Waals surface area (Å²) in [6.45, 7) is 3.31. The molecule has 64 valence electrons. The third-order valence-electron chi connectivity index (χ3n) is 1.28. The molecule has 0 aliphatic rings. The lowest BCUT2D eigenvalue weighted by Crippen LogP contribution is -2.20. The van der Waals surface area contributed by atoms with E-state index in [0.29, 0.717) is 0 Å². The molecule has 0 amide bonds. The van der Waals surface area contributed by atoms with E-state index in [-0.39, 0.29) is 28.5 Å². The number of hydrogen-bond donors (Lipinski definition) is 2. The summed E-state index contributed by atoms with van der Waals surface area (Å²) in [6, 6.07) is 0. The average Bonchev–Trinajstić information content (AvgIpc) is 1.87. The zero-order chi connectivity index (χ0) is 9.02. The third-order valence-corrected chi connectivity index (χ3v) is 1.86. The molecule has 2 nitrogen and oxygen atoms in total. The zero-order valence-corrected chi connectivity index (χ0v) is 8.36. The van der Waals surface area contributed by atoms with Gasteiger partial charge in [0.15, 0.2) is 11.6 Å². The Morgan fingerprint density at radius 3 is 1.55 bits per heavy atom. The second-order valence-electron chi connectivity index (χ2n) is 2.46. The van der Waals surface area contributed by atoms with Gasteiger partial charge in [-0.25, -0.2) is 0 Å². The first-order chi connectivity index (χ1) is 4.95. The molecule has 0 spiro atoms. The highest BCUT2D eigenvalue weighted by Gasteiger charge is 2.15. The molecule has 0 aliphatic carbocycles. The first-order valence-electron chi connectivity index (χ1n) is 3.36. The van der Waals surface area contributed by atoms with Crippen molar-refractivity contribution in [1.29, 1.82) is 0 Å². The monoisotopic (exact) mass is 192 g/mol. The van der Waals surface area contributed by atoms with Crippen molar-refractivity contribution in [3.8, 4) is 0 Å². The summed E-state index contributed by atoms with van der Waals surface area (Å²) in [5.74, 6) is -0.279. The number of rotatable bonds is 4. The SMILES string of the molecule is CC(S)C(=O)CC(=O)C(C)S. The summed E-state index contributed by atoms with van der Waals surface area (Å²) in [5.41, 5.74) is 0. The normalized spacial score (nSPS) is 15.6. The number of ketones is 2. The van der Waals surface area contributed by atoms with E-state index >= 15 is 0 Å². The van der Waals surface area contributed by atoms with Gasteiger partial charge in [0.25, 0.3) is 0 Å². The largest absolute Gasteiger partial charge is 0.298 e. The van der Waals surface area contributed by atoms with Crippen molar-refractivity contribution in [3.05, 3.63) is 0 Å². The van der Waals surface area contributed by atoms with Crippen LogP contribution in [0.25, 0.3) is 0 Å². The van der Waals surface area contributed by atoms with Crippen LogP contribution >= 0.6 is 25.3 Å². The van der Waals surface area contributed by atoms with E-state index in [1.165, 1.54) is 0 Å². The molecule has 0 rings (SSSR count). The van der Waals surface area contributed by atoms with Crippen molar-refractivity contribution < 1.29 is 9.59 Å². The minimum Gasteiger partial charge on any atom is -0.298 e. The number of carbonyl (C=O) groups is 2. The van der Waals surface area contributed by atoms with Gasteiger partial charge in [0.05, 0.1) is 16.9 Å². The van der Waals surface area contributed by atoms with Crippen molar-refractivity contribution in [1.82, 2.24) is 0 Å². The van der Waals surface area contributed by atoms with E-state index in [4.69, 9.17) is 0 Å². The number of thiol groups is 2. The molecule has 0 bridgehead atoms. The minimum atomic E-state index is -0.356. The van der Waals surface area contributed by atoms with E-state index in [9.17, 15) is 9.59 Å². The summed E-state index contributed by atoms with van der Waals surface area (Å²) < 4.78 is 0. The fourth-order valence-electron chi connectivity index (χ4n) is 0.467. The highest BCUT2D eigenvalue weighted by atomic mass is 32.1. The topological polar surface area (TPSA) is 34.1 Å². The molecule has 0 saturated heterocycles. The predicted octanol–water partition coefficient (Wildman–Crippen LogP) is 1.15. The summed E-state index contributed by atoms with van der Waals surface area (Å²) in [7, 11) is 0. The van der Waals surface area contributed by atoms with Crippen LogP contribution in [0.15, 0.2) is 0 Å². The van der Waals surface area contributed by atoms with E-state index in [0.717, 1.165) is 0 Å². The minimum absolute atomic E-state index is 0.0463. The van der Waals surface area contributed by atoms with Crippen molar-refractivity contribution in [3.63, 3.8) is 0 Å². The molecule has 0 aromatic rings. The Morgan fingerprint density at radius 2 is 1.36 bits per heavy atom. The maximum absolute atomic E-state index is 10.9. The second-order valence-corrected chi connectivity index (χ2v) is 4.01. The maximum atomic E-state index is 10.9. The molecule has 0 fully saturated rings. The van der Waals surface area contributed by atoms with Gasteiger partial charge in [-0.1, -0.05) is 0 Å². The predicted molar refractivity (Wildman–Crippen MR) is 51.5 cm³/mol. The molecule has 11 heavy (non-hydrogen) atoms. The van der Waals surface area contributed by atoms with Gasteiger partial charge in [0.1, 0.15) is 0 Å². The van der Waals surface area contributed by atoms with Crippen LogP contribution in [0, 0.1) is 0 Å². The molecule has 0 aliphatic heterocycles. The Kier molecular flexibility index (Phi) is 4.84. The summed E-state index contributed by atoms with van der Waals surface area (Å²) >= 11 is 7.82. The van der Waals surface area contributed by atoms with Crippen LogP contribution in [0.3, 0.4) is 0 Å². The Bertz CT molecular complexity index is 146. The number of hydrogen-bond acceptors (Lipinski definition) is 4. The van der Waals surface area contributed by atoms with Gasteiger partial charge < -0.3 is 0 Å². The molecule has 0 heterocycles. The molecular weight excluding hydrogens is 180 g/mol. The van der Waals surface area contributed by atoms with Crippen LogP contribution in [-0.4, -0.2) is 22.1 Å². The Hall–Kier alpha value is 0.0400. The standard InChI is InChI=1S/C7H12O2S2/c1-4(10)6(8)3-7(9)5(2)11/h4-5,10-11H,3H2,1-2H3. The summed E-state index contributed by atoms with van der Waals surface area (Å²) in [4.78, 5) is 21.9. The molecule has 2 atom stereocenters. The Labute approximate surface area is 77.6 Å². The smallest absolute Gasteiger partial charge is 0.152 e. The fraction of sp³-hybridized carbons (Fsp3) is 0.714. The number of Topliss-reactive ketones (excluding diaryl/α,β-unsaturated/α-hetero) is 2. The lowest BCUT2D eigenvalue weighted by molar-refractivity contribution is -0.126. The van der Waals surface area contributed by atoms with Gasteiger partial charge in [0, 0.05) is 0 Å².